The number of hydrogen-bond acceptors (Lipinski definition) is 3. The van der Waals surface area contributed by atoms with Crippen molar-refractivity contribution in [1.29, 1.82) is 0 Å². The predicted octanol–water partition coefficient (Wildman–Crippen LogP) is 3.93. The molecule has 24 heavy (non-hydrogen) atoms. The van der Waals surface area contributed by atoms with Crippen molar-refractivity contribution >= 4 is 23.2 Å². The van der Waals surface area contributed by atoms with Crippen molar-refractivity contribution in [2.45, 2.75) is 58.9 Å². The lowest BCUT2D eigenvalue weighted by Crippen LogP contribution is -2.47. The fourth-order valence-corrected chi connectivity index (χ4v) is 3.89. The van der Waals surface area contributed by atoms with Gasteiger partial charge in [0, 0.05) is 19.1 Å². The molecule has 2 atom stereocenters. The zero-order valence-corrected chi connectivity index (χ0v) is 15.9. The quantitative estimate of drug-likeness (QED) is 0.810. The Balaban J connectivity index is 1.80. The molecule has 5 heteroatoms. The van der Waals surface area contributed by atoms with Crippen LogP contribution < -0.4 is 5.32 Å². The Labute approximate surface area is 149 Å². The highest BCUT2D eigenvalue weighted by Crippen LogP contribution is 2.21. The van der Waals surface area contributed by atoms with Crippen molar-refractivity contribution in [3.63, 3.8) is 0 Å². The highest BCUT2D eigenvalue weighted by atomic mass is 32.1. The van der Waals surface area contributed by atoms with Crippen LogP contribution in [0.2, 0.25) is 0 Å². The largest absolute Gasteiger partial charge is 0.353 e. The molecule has 1 aromatic rings. The van der Waals surface area contributed by atoms with E-state index in [1.807, 2.05) is 22.4 Å². The van der Waals surface area contributed by atoms with Gasteiger partial charge in [-0.1, -0.05) is 32.8 Å². The monoisotopic (exact) mass is 350 g/mol. The molecule has 1 saturated heterocycles. The van der Waals surface area contributed by atoms with Gasteiger partial charge in [0.25, 0.3) is 5.91 Å². The van der Waals surface area contributed by atoms with Crippen LogP contribution in [0.5, 0.6) is 0 Å². The molecule has 2 rings (SSSR count). The molecule has 0 saturated carbocycles. The minimum Gasteiger partial charge on any atom is -0.353 e. The standard InChI is InChI=1S/C19H30N2O2S/c1-14(2)7-4-8-15(3)20-18(22)16-9-5-11-21(13-16)19(23)17-10-6-12-24-17/h6,10,12,14-16H,4-5,7-9,11,13H2,1-3H3,(H,20,22). The molecular weight excluding hydrogens is 320 g/mol. The van der Waals surface area contributed by atoms with Gasteiger partial charge < -0.3 is 10.2 Å². The molecule has 2 heterocycles. The molecule has 0 bridgehead atoms. The van der Waals surface area contributed by atoms with Gasteiger partial charge >= 0.3 is 0 Å². The molecule has 1 N–H and O–H groups in total. The Kier molecular flexibility index (Phi) is 7.28. The highest BCUT2D eigenvalue weighted by molar-refractivity contribution is 7.12. The highest BCUT2D eigenvalue weighted by Gasteiger charge is 2.29. The molecule has 0 spiro atoms. The van der Waals surface area contributed by atoms with Gasteiger partial charge in [0.1, 0.15) is 0 Å². The van der Waals surface area contributed by atoms with Crippen molar-refractivity contribution in [1.82, 2.24) is 10.2 Å². The van der Waals surface area contributed by atoms with Crippen LogP contribution >= 0.6 is 11.3 Å². The third kappa shape index (κ3) is 5.62. The second kappa shape index (κ2) is 9.21. The average molecular weight is 351 g/mol. The molecule has 1 fully saturated rings. The summed E-state index contributed by atoms with van der Waals surface area (Å²) in [6, 6.07) is 3.96. The number of nitrogens with zero attached hydrogens (tertiary/aromatic N) is 1. The lowest BCUT2D eigenvalue weighted by atomic mass is 9.96. The molecule has 134 valence electrons. The lowest BCUT2D eigenvalue weighted by molar-refractivity contribution is -0.127. The number of carbonyl (C=O) groups excluding carboxylic acids is 2. The van der Waals surface area contributed by atoms with Gasteiger partial charge in [0.15, 0.2) is 0 Å². The van der Waals surface area contributed by atoms with E-state index < -0.39 is 0 Å². The number of amides is 2. The summed E-state index contributed by atoms with van der Waals surface area (Å²) in [5.74, 6) is 0.807. The van der Waals surface area contributed by atoms with Crippen LogP contribution in [0.4, 0.5) is 0 Å². The number of carbonyl (C=O) groups is 2. The summed E-state index contributed by atoms with van der Waals surface area (Å²) in [7, 11) is 0. The van der Waals surface area contributed by atoms with Gasteiger partial charge in [-0.25, -0.2) is 0 Å². The van der Waals surface area contributed by atoms with Crippen molar-refractivity contribution < 1.29 is 9.59 Å². The molecule has 1 aliphatic rings. The van der Waals surface area contributed by atoms with E-state index in [1.54, 1.807) is 0 Å². The second-order valence-electron chi connectivity index (χ2n) is 7.30. The number of thiophene rings is 1. The van der Waals surface area contributed by atoms with Gasteiger partial charge in [-0.15, -0.1) is 11.3 Å². The second-order valence-corrected chi connectivity index (χ2v) is 8.25. The van der Waals surface area contributed by atoms with Crippen LogP contribution in [0.25, 0.3) is 0 Å². The van der Waals surface area contributed by atoms with E-state index in [9.17, 15) is 9.59 Å². The number of hydrogen-bond donors (Lipinski definition) is 1. The third-order valence-corrected chi connectivity index (χ3v) is 5.48. The van der Waals surface area contributed by atoms with Crippen LogP contribution in [0.15, 0.2) is 17.5 Å². The van der Waals surface area contributed by atoms with E-state index >= 15 is 0 Å². The van der Waals surface area contributed by atoms with Crippen LogP contribution in [0, 0.1) is 11.8 Å². The van der Waals surface area contributed by atoms with Gasteiger partial charge in [-0.3, -0.25) is 9.59 Å². The van der Waals surface area contributed by atoms with E-state index in [0.29, 0.717) is 12.5 Å². The fourth-order valence-electron chi connectivity index (χ4n) is 3.20. The minimum absolute atomic E-state index is 0.0625. The zero-order valence-electron chi connectivity index (χ0n) is 15.1. The Morgan fingerprint density at radius 3 is 2.79 bits per heavy atom. The smallest absolute Gasteiger partial charge is 0.263 e. The maximum absolute atomic E-state index is 12.5. The summed E-state index contributed by atoms with van der Waals surface area (Å²) in [5.41, 5.74) is 0. The van der Waals surface area contributed by atoms with E-state index in [2.05, 4.69) is 26.1 Å². The normalized spacial score (nSPS) is 19.3. The SMILES string of the molecule is CC(C)CCCC(C)NC(=O)C1CCCN(C(=O)c2cccs2)C1. The molecule has 2 unspecified atom stereocenters. The molecule has 0 radical (unpaired) electrons. The predicted molar refractivity (Wildman–Crippen MR) is 99.2 cm³/mol. The summed E-state index contributed by atoms with van der Waals surface area (Å²) in [4.78, 5) is 27.6. The molecule has 1 aromatic heterocycles. The first-order chi connectivity index (χ1) is 11.5. The molecule has 2 amide bonds. The Bertz CT molecular complexity index is 527. The van der Waals surface area contributed by atoms with E-state index in [-0.39, 0.29) is 23.8 Å². The first-order valence-corrected chi connectivity index (χ1v) is 9.98. The van der Waals surface area contributed by atoms with Crippen LogP contribution in [0.1, 0.15) is 62.5 Å². The minimum atomic E-state index is -0.0739. The number of nitrogens with one attached hydrogen (secondary N) is 1. The van der Waals surface area contributed by atoms with Crippen LogP contribution in [-0.4, -0.2) is 35.8 Å². The van der Waals surface area contributed by atoms with Crippen molar-refractivity contribution in [3.8, 4) is 0 Å². The summed E-state index contributed by atoms with van der Waals surface area (Å²) in [6.45, 7) is 7.83. The van der Waals surface area contributed by atoms with Crippen molar-refractivity contribution in [3.05, 3.63) is 22.4 Å². The van der Waals surface area contributed by atoms with E-state index in [1.165, 1.54) is 17.8 Å². The van der Waals surface area contributed by atoms with Gasteiger partial charge in [-0.05, 0) is 43.6 Å². The Hall–Kier alpha value is -1.36. The van der Waals surface area contributed by atoms with Crippen molar-refractivity contribution in [2.75, 3.05) is 13.1 Å². The molecule has 0 aliphatic carbocycles. The summed E-state index contributed by atoms with van der Waals surface area (Å²) in [6.07, 6.45) is 5.14. The van der Waals surface area contributed by atoms with Crippen molar-refractivity contribution in [2.24, 2.45) is 11.8 Å². The summed E-state index contributed by atoms with van der Waals surface area (Å²) in [5, 5.41) is 5.06. The van der Waals surface area contributed by atoms with Gasteiger partial charge in [0.2, 0.25) is 5.91 Å². The molecule has 0 aromatic carbocycles. The summed E-state index contributed by atoms with van der Waals surface area (Å²) >= 11 is 1.46. The van der Waals surface area contributed by atoms with Gasteiger partial charge in [0.05, 0.1) is 10.8 Å². The fraction of sp³-hybridized carbons (Fsp3) is 0.684. The molecular formula is C19H30N2O2S. The van der Waals surface area contributed by atoms with Crippen LogP contribution in [0.3, 0.4) is 0 Å². The summed E-state index contributed by atoms with van der Waals surface area (Å²) < 4.78 is 0. The third-order valence-electron chi connectivity index (χ3n) is 4.62. The van der Waals surface area contributed by atoms with Crippen LogP contribution in [-0.2, 0) is 4.79 Å². The van der Waals surface area contributed by atoms with E-state index in [0.717, 1.165) is 37.1 Å². The topological polar surface area (TPSA) is 49.4 Å². The first-order valence-electron chi connectivity index (χ1n) is 9.10. The first kappa shape index (κ1) is 19.0. The Morgan fingerprint density at radius 2 is 2.12 bits per heavy atom. The number of likely N-dealkylation sites (tertiary alicyclic amines) is 1. The lowest BCUT2D eigenvalue weighted by Gasteiger charge is -2.32. The zero-order chi connectivity index (χ0) is 17.5. The maximum atomic E-state index is 12.5. The van der Waals surface area contributed by atoms with E-state index in [4.69, 9.17) is 0 Å². The average Bonchev–Trinajstić information content (AvgIpc) is 3.08. The maximum Gasteiger partial charge on any atom is 0.263 e. The van der Waals surface area contributed by atoms with Gasteiger partial charge in [-0.2, -0.15) is 0 Å². The Morgan fingerprint density at radius 1 is 1.33 bits per heavy atom. The number of rotatable bonds is 7. The molecule has 4 nitrogen and oxygen atoms in total. The molecule has 1 aliphatic heterocycles. The number of piperidine rings is 1.